The van der Waals surface area contributed by atoms with E-state index in [9.17, 15) is 0 Å². The summed E-state index contributed by atoms with van der Waals surface area (Å²) in [5.74, 6) is 0. The fourth-order valence-corrected chi connectivity index (χ4v) is 4.47. The van der Waals surface area contributed by atoms with Gasteiger partial charge in [-0.15, -0.1) is 11.3 Å². The summed E-state index contributed by atoms with van der Waals surface area (Å²) in [6, 6.07) is 7.61. The molecule has 1 aromatic carbocycles. The lowest BCUT2D eigenvalue weighted by Crippen LogP contribution is -2.03. The molecule has 0 atom stereocenters. The van der Waals surface area contributed by atoms with Gasteiger partial charge in [0.05, 0.1) is 5.69 Å². The second-order valence-corrected chi connectivity index (χ2v) is 6.98. The first kappa shape index (κ1) is 7.96. The molecule has 0 saturated carbocycles. The SMILES string of the molecule is [2H]C([2H])([2H])c1ccc2c(n1)sc1c(-c3cc4c(cn3)C([2H])([2H])CCC4([2H])[2H])ccc(C([2H])([2H])[2H])c12. The van der Waals surface area contributed by atoms with E-state index < -0.39 is 26.4 Å². The van der Waals surface area contributed by atoms with Gasteiger partial charge in [-0.1, -0.05) is 12.1 Å². The third-order valence-corrected chi connectivity index (χ3v) is 5.55. The van der Waals surface area contributed by atoms with Crippen LogP contribution in [0.3, 0.4) is 0 Å². The highest BCUT2D eigenvalue weighted by molar-refractivity contribution is 7.26. The summed E-state index contributed by atoms with van der Waals surface area (Å²) in [4.78, 5) is 9.12. The third kappa shape index (κ3) is 2.37. The minimum Gasteiger partial charge on any atom is -0.256 e. The van der Waals surface area contributed by atoms with Gasteiger partial charge < -0.3 is 0 Å². The summed E-state index contributed by atoms with van der Waals surface area (Å²) < 4.78 is 81.0. The van der Waals surface area contributed by atoms with Crippen LogP contribution in [0.1, 0.15) is 48.9 Å². The molecule has 1 aliphatic carbocycles. The largest absolute Gasteiger partial charge is 0.256 e. The lowest BCUT2D eigenvalue weighted by atomic mass is 9.92. The van der Waals surface area contributed by atoms with Crippen LogP contribution in [0.4, 0.5) is 0 Å². The topological polar surface area (TPSA) is 25.8 Å². The van der Waals surface area contributed by atoms with E-state index in [1.54, 1.807) is 18.2 Å². The van der Waals surface area contributed by atoms with Crippen molar-refractivity contribution >= 4 is 31.6 Å². The Morgan fingerprint density at radius 3 is 2.88 bits per heavy atom. The molecule has 4 aromatic rings. The van der Waals surface area contributed by atoms with Crippen molar-refractivity contribution in [2.45, 2.75) is 39.3 Å². The van der Waals surface area contributed by atoms with Crippen LogP contribution in [0.25, 0.3) is 31.6 Å². The number of hydrogen-bond donors (Lipinski definition) is 0. The van der Waals surface area contributed by atoms with Crippen molar-refractivity contribution in [3.8, 4) is 11.3 Å². The Kier molecular flexibility index (Phi) is 1.79. The molecule has 0 spiro atoms. The second kappa shape index (κ2) is 5.63. The number of rotatable bonds is 1. The molecule has 0 unspecified atom stereocenters. The summed E-state index contributed by atoms with van der Waals surface area (Å²) >= 11 is 1.16. The number of aryl methyl sites for hydroxylation is 4. The highest BCUT2D eigenvalue weighted by Crippen LogP contribution is 2.41. The van der Waals surface area contributed by atoms with Crippen molar-refractivity contribution in [3.05, 3.63) is 58.9 Å². The Balaban J connectivity index is 1.81. The number of aromatic nitrogens is 2. The Bertz CT molecular complexity index is 1480. The van der Waals surface area contributed by atoms with Crippen molar-refractivity contribution in [3.63, 3.8) is 0 Å². The number of thiophene rings is 1. The molecule has 1 aliphatic rings. The van der Waals surface area contributed by atoms with E-state index in [1.807, 2.05) is 0 Å². The molecular weight excluding hydrogens is 324 g/mol. The summed E-state index contributed by atoms with van der Waals surface area (Å²) in [5, 5.41) is 0.959. The van der Waals surface area contributed by atoms with Crippen LogP contribution >= 0.6 is 11.3 Å². The molecular formula is C22H20N2S. The Morgan fingerprint density at radius 2 is 2.00 bits per heavy atom. The maximum atomic E-state index is 8.43. The zero-order valence-electron chi connectivity index (χ0n) is 23.2. The van der Waals surface area contributed by atoms with Crippen molar-refractivity contribution in [1.82, 2.24) is 9.97 Å². The van der Waals surface area contributed by atoms with Crippen LogP contribution in [0.5, 0.6) is 0 Å². The Labute approximate surface area is 165 Å². The van der Waals surface area contributed by atoms with Crippen molar-refractivity contribution in [1.29, 1.82) is 0 Å². The molecule has 0 bridgehead atoms. The van der Waals surface area contributed by atoms with Gasteiger partial charge in [0.2, 0.25) is 0 Å². The number of nitrogens with zero attached hydrogens (tertiary/aromatic N) is 2. The fraction of sp³-hybridized carbons (Fsp3) is 0.273. The standard InChI is InChI=1S/C22H20N2S/c1-13-7-9-17(19-11-15-5-3-4-6-16(15)12-23-19)21-20(13)18-10-8-14(2)24-22(18)25-21/h7-12H,3-6H2,1-2H3/i1D3,2D3,5D2,6D2. The van der Waals surface area contributed by atoms with E-state index in [0.717, 1.165) is 11.3 Å². The van der Waals surface area contributed by atoms with Crippen molar-refractivity contribution < 1.29 is 13.7 Å². The molecule has 3 aromatic heterocycles. The highest BCUT2D eigenvalue weighted by atomic mass is 32.1. The minimum atomic E-state index is -2.43. The first-order chi connectivity index (χ1) is 16.1. The fourth-order valence-electron chi connectivity index (χ4n) is 3.25. The summed E-state index contributed by atoms with van der Waals surface area (Å²) in [6.07, 6.45) is -1.97. The molecule has 2 nitrogen and oxygen atoms in total. The summed E-state index contributed by atoms with van der Waals surface area (Å²) in [6.45, 7) is -4.84. The predicted octanol–water partition coefficient (Wildman–Crippen LogP) is 6.01. The highest BCUT2D eigenvalue weighted by Gasteiger charge is 2.16. The van der Waals surface area contributed by atoms with Crippen LogP contribution in [-0.2, 0) is 12.7 Å². The molecule has 5 rings (SSSR count). The Hall–Kier alpha value is -2.26. The van der Waals surface area contributed by atoms with Gasteiger partial charge in [-0.2, -0.15) is 0 Å². The molecule has 25 heavy (non-hydrogen) atoms. The first-order valence-corrected chi connectivity index (χ1v) is 8.80. The van der Waals surface area contributed by atoms with Gasteiger partial charge in [0.25, 0.3) is 0 Å². The quantitative estimate of drug-likeness (QED) is 0.418. The third-order valence-electron chi connectivity index (χ3n) is 4.42. The predicted molar refractivity (Wildman–Crippen MR) is 106 cm³/mol. The molecule has 0 amide bonds. The monoisotopic (exact) mass is 354 g/mol. The number of pyridine rings is 2. The Morgan fingerprint density at radius 1 is 1.08 bits per heavy atom. The molecule has 0 aliphatic heterocycles. The van der Waals surface area contributed by atoms with Crippen molar-refractivity contribution in [2.75, 3.05) is 0 Å². The zero-order valence-corrected chi connectivity index (χ0v) is 14.0. The zero-order chi connectivity index (χ0) is 25.6. The molecule has 0 radical (unpaired) electrons. The summed E-state index contributed by atoms with van der Waals surface area (Å²) in [7, 11) is 0. The molecule has 0 saturated heterocycles. The van der Waals surface area contributed by atoms with Gasteiger partial charge in [-0.3, -0.25) is 4.98 Å². The van der Waals surface area contributed by atoms with Crippen LogP contribution in [0.15, 0.2) is 36.5 Å². The number of fused-ring (bicyclic) bond motifs is 4. The van der Waals surface area contributed by atoms with Gasteiger partial charge in [0.1, 0.15) is 4.83 Å². The molecule has 3 heteroatoms. The van der Waals surface area contributed by atoms with E-state index >= 15 is 0 Å². The van der Waals surface area contributed by atoms with Crippen LogP contribution in [0, 0.1) is 13.7 Å². The normalized spacial score (nSPS) is 25.1. The average molecular weight is 355 g/mol. The number of benzene rings is 1. The van der Waals surface area contributed by atoms with E-state index in [1.165, 1.54) is 18.3 Å². The van der Waals surface area contributed by atoms with Gasteiger partial charge in [0, 0.05) is 46.6 Å². The number of hydrogen-bond acceptors (Lipinski definition) is 3. The van der Waals surface area contributed by atoms with E-state index in [4.69, 9.17) is 13.7 Å². The second-order valence-electron chi connectivity index (χ2n) is 5.98. The van der Waals surface area contributed by atoms with Gasteiger partial charge in [0.15, 0.2) is 0 Å². The van der Waals surface area contributed by atoms with Crippen LogP contribution < -0.4 is 0 Å². The minimum absolute atomic E-state index is 0.0363. The molecule has 0 N–H and O–H groups in total. The molecule has 3 heterocycles. The lowest BCUT2D eigenvalue weighted by Gasteiger charge is -2.16. The van der Waals surface area contributed by atoms with Gasteiger partial charge in [-0.05, 0) is 74.2 Å². The average Bonchev–Trinajstić information content (AvgIpc) is 3.13. The first-order valence-electron chi connectivity index (χ1n) is 13.0. The molecule has 0 fully saturated rings. The van der Waals surface area contributed by atoms with Gasteiger partial charge in [-0.25, -0.2) is 4.98 Å². The maximum absolute atomic E-state index is 8.43. The van der Waals surface area contributed by atoms with Crippen LogP contribution in [0.2, 0.25) is 0 Å². The van der Waals surface area contributed by atoms with Crippen LogP contribution in [-0.4, -0.2) is 9.97 Å². The van der Waals surface area contributed by atoms with Crippen molar-refractivity contribution in [2.24, 2.45) is 0 Å². The van der Waals surface area contributed by atoms with E-state index in [-0.39, 0.29) is 35.2 Å². The van der Waals surface area contributed by atoms with Gasteiger partial charge >= 0.3 is 0 Å². The smallest absolute Gasteiger partial charge is 0.124 e. The maximum Gasteiger partial charge on any atom is 0.124 e. The molecule has 124 valence electrons. The van der Waals surface area contributed by atoms with E-state index in [2.05, 4.69) is 9.97 Å². The summed E-state index contributed by atoms with van der Waals surface area (Å²) in [5.41, 5.74) is 1.40. The van der Waals surface area contributed by atoms with E-state index in [0.29, 0.717) is 31.6 Å². The lowest BCUT2D eigenvalue weighted by molar-refractivity contribution is 0.682.